The highest BCUT2D eigenvalue weighted by Crippen LogP contribution is 2.07. The fourth-order valence-corrected chi connectivity index (χ4v) is 2.42. The van der Waals surface area contributed by atoms with Crippen LogP contribution in [0.3, 0.4) is 0 Å². The summed E-state index contributed by atoms with van der Waals surface area (Å²) in [5, 5.41) is 4.15. The van der Waals surface area contributed by atoms with Crippen molar-refractivity contribution in [2.24, 2.45) is 0 Å². The van der Waals surface area contributed by atoms with Gasteiger partial charge in [0.05, 0.1) is 19.2 Å². The van der Waals surface area contributed by atoms with Gasteiger partial charge in [-0.05, 0) is 18.1 Å². The molecule has 0 fully saturated rings. The van der Waals surface area contributed by atoms with Crippen LogP contribution in [-0.2, 0) is 29.2 Å². The molecule has 6 nitrogen and oxygen atoms in total. The number of imidazole rings is 1. The van der Waals surface area contributed by atoms with Gasteiger partial charge in [0.25, 0.3) is 0 Å². The monoisotopic (exact) mass is 324 g/mol. The molecule has 2 aromatic heterocycles. The van der Waals surface area contributed by atoms with E-state index in [4.69, 9.17) is 4.74 Å². The number of hydrogen-bond donors (Lipinski definition) is 0. The molecule has 0 aliphatic heterocycles. The number of aromatic nitrogens is 4. The lowest BCUT2D eigenvalue weighted by atomic mass is 10.2. The van der Waals surface area contributed by atoms with Crippen LogP contribution in [0.1, 0.15) is 23.4 Å². The van der Waals surface area contributed by atoms with Crippen molar-refractivity contribution >= 4 is 5.97 Å². The van der Waals surface area contributed by atoms with Gasteiger partial charge >= 0.3 is 5.97 Å². The average molecular weight is 324 g/mol. The van der Waals surface area contributed by atoms with Crippen LogP contribution in [0.5, 0.6) is 0 Å². The zero-order valence-corrected chi connectivity index (χ0v) is 13.6. The molecule has 124 valence electrons. The van der Waals surface area contributed by atoms with Gasteiger partial charge in [-0.2, -0.15) is 5.10 Å². The summed E-state index contributed by atoms with van der Waals surface area (Å²) >= 11 is 0. The molecule has 3 aromatic rings. The highest BCUT2D eigenvalue weighted by atomic mass is 16.5. The maximum absolute atomic E-state index is 11.9. The molecule has 6 heteroatoms. The maximum Gasteiger partial charge on any atom is 0.308 e. The van der Waals surface area contributed by atoms with Gasteiger partial charge in [-0.15, -0.1) is 0 Å². The molecule has 0 radical (unpaired) electrons. The highest BCUT2D eigenvalue weighted by Gasteiger charge is 2.08. The second-order valence-electron chi connectivity index (χ2n) is 5.65. The first-order chi connectivity index (χ1) is 11.7. The third-order valence-electron chi connectivity index (χ3n) is 3.67. The van der Waals surface area contributed by atoms with E-state index in [-0.39, 0.29) is 12.6 Å². The Balaban J connectivity index is 1.50. The van der Waals surface area contributed by atoms with Crippen LogP contribution in [0.2, 0.25) is 0 Å². The van der Waals surface area contributed by atoms with Gasteiger partial charge in [0.1, 0.15) is 12.4 Å². The summed E-state index contributed by atoms with van der Waals surface area (Å²) in [6.07, 6.45) is 7.58. The van der Waals surface area contributed by atoms with Crippen molar-refractivity contribution in [3.05, 3.63) is 72.1 Å². The molecule has 3 rings (SSSR count). The summed E-state index contributed by atoms with van der Waals surface area (Å²) < 4.78 is 9.06. The Kier molecular flexibility index (Phi) is 5.05. The Morgan fingerprint density at radius 1 is 1.25 bits per heavy atom. The Bertz CT molecular complexity index is 792. The quantitative estimate of drug-likeness (QED) is 0.627. The van der Waals surface area contributed by atoms with E-state index in [1.165, 1.54) is 5.56 Å². The van der Waals surface area contributed by atoms with E-state index >= 15 is 0 Å². The van der Waals surface area contributed by atoms with E-state index in [0.717, 1.165) is 11.4 Å². The molecule has 1 aromatic carbocycles. The topological polar surface area (TPSA) is 61.9 Å². The van der Waals surface area contributed by atoms with Gasteiger partial charge in [-0.25, -0.2) is 4.98 Å². The normalized spacial score (nSPS) is 10.7. The summed E-state index contributed by atoms with van der Waals surface area (Å²) in [6.45, 7) is 3.37. The molecule has 0 aliphatic carbocycles. The van der Waals surface area contributed by atoms with E-state index in [2.05, 4.69) is 22.2 Å². The summed E-state index contributed by atoms with van der Waals surface area (Å²) in [5.74, 6) is 0.486. The average Bonchev–Trinajstić information content (AvgIpc) is 3.21. The molecule has 0 saturated carbocycles. The summed E-state index contributed by atoms with van der Waals surface area (Å²) in [5.41, 5.74) is 2.25. The molecule has 0 spiro atoms. The van der Waals surface area contributed by atoms with Crippen LogP contribution >= 0.6 is 0 Å². The zero-order valence-electron chi connectivity index (χ0n) is 13.6. The Hall–Kier alpha value is -2.89. The fraction of sp³-hybridized carbons (Fsp3) is 0.278. The number of esters is 1. The third-order valence-corrected chi connectivity index (χ3v) is 3.67. The predicted octanol–water partition coefficient (Wildman–Crippen LogP) is 2.57. The Labute approximate surface area is 140 Å². The van der Waals surface area contributed by atoms with Crippen LogP contribution in [0.15, 0.2) is 55.1 Å². The second-order valence-corrected chi connectivity index (χ2v) is 5.65. The molecule has 24 heavy (non-hydrogen) atoms. The van der Waals surface area contributed by atoms with E-state index in [1.807, 2.05) is 42.1 Å². The molecular formula is C18H20N4O2. The van der Waals surface area contributed by atoms with Crippen molar-refractivity contribution in [1.29, 1.82) is 0 Å². The van der Waals surface area contributed by atoms with E-state index in [0.29, 0.717) is 19.5 Å². The molecule has 2 heterocycles. The Morgan fingerprint density at radius 3 is 2.83 bits per heavy atom. The largest absolute Gasteiger partial charge is 0.457 e. The molecule has 0 amide bonds. The first-order valence-corrected chi connectivity index (χ1v) is 7.89. The first-order valence-electron chi connectivity index (χ1n) is 7.89. The second kappa shape index (κ2) is 7.59. The molecular weight excluding hydrogens is 304 g/mol. The minimum absolute atomic E-state index is 0.177. The number of carbonyl (C=O) groups is 1. The van der Waals surface area contributed by atoms with Crippen LogP contribution in [0.4, 0.5) is 0 Å². The standard InChI is InChI=1S/C18H20N4O2/c1-15-11-20-22(12-15)9-7-18(23)24-14-17-19-8-10-21(17)13-16-5-3-2-4-6-16/h2-6,8,10-12H,7,9,13-14H2,1H3. The number of rotatable bonds is 7. The van der Waals surface area contributed by atoms with Crippen molar-refractivity contribution < 1.29 is 9.53 Å². The third kappa shape index (κ3) is 4.32. The Morgan fingerprint density at radius 2 is 2.08 bits per heavy atom. The lowest BCUT2D eigenvalue weighted by Crippen LogP contribution is -2.12. The van der Waals surface area contributed by atoms with Crippen LogP contribution < -0.4 is 0 Å². The van der Waals surface area contributed by atoms with E-state index in [1.54, 1.807) is 17.1 Å². The van der Waals surface area contributed by atoms with E-state index < -0.39 is 0 Å². The fourth-order valence-electron chi connectivity index (χ4n) is 2.42. The highest BCUT2D eigenvalue weighted by molar-refractivity contribution is 5.69. The van der Waals surface area contributed by atoms with Gasteiger partial charge in [0, 0.05) is 25.1 Å². The van der Waals surface area contributed by atoms with Gasteiger partial charge in [0.15, 0.2) is 0 Å². The lowest BCUT2D eigenvalue weighted by molar-refractivity contribution is -0.145. The van der Waals surface area contributed by atoms with Crippen molar-refractivity contribution in [3.8, 4) is 0 Å². The summed E-state index contributed by atoms with van der Waals surface area (Å²) in [4.78, 5) is 16.2. The van der Waals surface area contributed by atoms with Gasteiger partial charge < -0.3 is 9.30 Å². The molecule has 0 unspecified atom stereocenters. The zero-order chi connectivity index (χ0) is 16.8. The van der Waals surface area contributed by atoms with Gasteiger partial charge in [-0.3, -0.25) is 9.48 Å². The minimum atomic E-state index is -0.252. The van der Waals surface area contributed by atoms with Crippen LogP contribution in [0.25, 0.3) is 0 Å². The SMILES string of the molecule is Cc1cnn(CCC(=O)OCc2nccn2Cc2ccccc2)c1. The van der Waals surface area contributed by atoms with Crippen molar-refractivity contribution in [2.45, 2.75) is 33.0 Å². The number of carbonyl (C=O) groups excluding carboxylic acids is 1. The number of aryl methyl sites for hydroxylation is 2. The molecule has 0 N–H and O–H groups in total. The summed E-state index contributed by atoms with van der Waals surface area (Å²) in [7, 11) is 0. The lowest BCUT2D eigenvalue weighted by Gasteiger charge is -2.09. The predicted molar refractivity (Wildman–Crippen MR) is 89.1 cm³/mol. The van der Waals surface area contributed by atoms with Crippen LogP contribution in [0, 0.1) is 6.92 Å². The smallest absolute Gasteiger partial charge is 0.308 e. The number of nitrogens with zero attached hydrogens (tertiary/aromatic N) is 4. The molecule has 0 saturated heterocycles. The minimum Gasteiger partial charge on any atom is -0.457 e. The molecule has 0 atom stereocenters. The number of ether oxygens (including phenoxy) is 1. The molecule has 0 bridgehead atoms. The van der Waals surface area contributed by atoms with Gasteiger partial charge in [0.2, 0.25) is 0 Å². The summed E-state index contributed by atoms with van der Waals surface area (Å²) in [6, 6.07) is 10.1. The molecule has 0 aliphatic rings. The van der Waals surface area contributed by atoms with Crippen LogP contribution in [-0.4, -0.2) is 25.3 Å². The van der Waals surface area contributed by atoms with Crippen molar-refractivity contribution in [1.82, 2.24) is 19.3 Å². The number of hydrogen-bond acceptors (Lipinski definition) is 4. The van der Waals surface area contributed by atoms with Crippen molar-refractivity contribution in [3.63, 3.8) is 0 Å². The van der Waals surface area contributed by atoms with Crippen molar-refractivity contribution in [2.75, 3.05) is 0 Å². The van der Waals surface area contributed by atoms with E-state index in [9.17, 15) is 4.79 Å². The number of benzene rings is 1. The van der Waals surface area contributed by atoms with Gasteiger partial charge in [-0.1, -0.05) is 30.3 Å². The first kappa shape index (κ1) is 16.0. The maximum atomic E-state index is 11.9.